The summed E-state index contributed by atoms with van der Waals surface area (Å²) in [6, 6.07) is 14.7. The molecule has 0 spiro atoms. The number of carbonyl (C=O) groups is 1. The number of aromatic nitrogens is 2. The van der Waals surface area contributed by atoms with E-state index in [2.05, 4.69) is 33.5 Å². The van der Waals surface area contributed by atoms with Crippen LogP contribution in [0.25, 0.3) is 0 Å². The SMILES string of the molecule is CCC(C)[C@H](C(=O)O)N1C[C@H](CN2CCC(c3cc(Cc4ccc(OC)c(OC)c4)nn3CC)CC2)[C@@H](c2cccc(F)c2)C1. The Morgan fingerprint density at radius 2 is 1.80 bits per heavy atom. The van der Waals surface area contributed by atoms with E-state index in [0.29, 0.717) is 19.0 Å². The molecule has 0 bridgehead atoms. The molecule has 4 atom stereocenters. The van der Waals surface area contributed by atoms with Gasteiger partial charge in [0, 0.05) is 50.1 Å². The number of halogens is 1. The van der Waals surface area contributed by atoms with E-state index >= 15 is 0 Å². The van der Waals surface area contributed by atoms with Crippen molar-refractivity contribution < 1.29 is 23.8 Å². The quantitative estimate of drug-likeness (QED) is 0.250. The molecule has 3 heterocycles. The average molecular weight is 621 g/mol. The van der Waals surface area contributed by atoms with Gasteiger partial charge in [-0.3, -0.25) is 14.4 Å². The average Bonchev–Trinajstić information content (AvgIpc) is 3.65. The number of rotatable bonds is 13. The molecule has 0 aliphatic carbocycles. The van der Waals surface area contributed by atoms with Crippen LogP contribution >= 0.6 is 0 Å². The highest BCUT2D eigenvalue weighted by Crippen LogP contribution is 2.38. The first-order valence-electron chi connectivity index (χ1n) is 16.5. The summed E-state index contributed by atoms with van der Waals surface area (Å²) >= 11 is 0. The second-order valence-electron chi connectivity index (χ2n) is 12.9. The summed E-state index contributed by atoms with van der Waals surface area (Å²) in [5.41, 5.74) is 4.46. The van der Waals surface area contributed by atoms with Crippen molar-refractivity contribution in [2.24, 2.45) is 11.8 Å². The summed E-state index contributed by atoms with van der Waals surface area (Å²) < 4.78 is 27.3. The minimum absolute atomic E-state index is 0.0465. The van der Waals surface area contributed by atoms with E-state index in [-0.39, 0.29) is 23.6 Å². The zero-order valence-corrected chi connectivity index (χ0v) is 27.4. The first kappa shape index (κ1) is 32.9. The second-order valence-corrected chi connectivity index (χ2v) is 12.9. The zero-order chi connectivity index (χ0) is 32.1. The lowest BCUT2D eigenvalue weighted by Gasteiger charge is -2.35. The van der Waals surface area contributed by atoms with E-state index < -0.39 is 12.0 Å². The molecule has 3 aromatic rings. The molecule has 5 rings (SSSR count). The van der Waals surface area contributed by atoms with Gasteiger partial charge >= 0.3 is 5.97 Å². The third-order valence-corrected chi connectivity index (χ3v) is 10.1. The maximum absolute atomic E-state index is 14.3. The zero-order valence-electron chi connectivity index (χ0n) is 27.4. The standard InChI is InChI=1S/C36H49FN4O4/c1-6-24(3)35(36(42)43)40-22-28(31(23-40)27-9-8-10-29(37)19-27)21-39-15-13-26(14-16-39)32-20-30(38-41(32)7-2)17-25-11-12-33(44-4)34(18-25)45-5/h8-12,18-20,24,26,28,31,35H,6-7,13-17,21-23H2,1-5H3,(H,42,43)/t24?,28-,31+,35+/m0/s1. The Morgan fingerprint density at radius 3 is 2.44 bits per heavy atom. The molecule has 0 saturated carbocycles. The highest BCUT2D eigenvalue weighted by molar-refractivity contribution is 5.74. The molecule has 1 unspecified atom stereocenters. The molecule has 244 valence electrons. The van der Waals surface area contributed by atoms with Gasteiger partial charge in [-0.2, -0.15) is 5.10 Å². The third kappa shape index (κ3) is 7.52. The molecule has 45 heavy (non-hydrogen) atoms. The smallest absolute Gasteiger partial charge is 0.321 e. The van der Waals surface area contributed by atoms with Gasteiger partial charge in [-0.15, -0.1) is 0 Å². The van der Waals surface area contributed by atoms with Gasteiger partial charge in [0.15, 0.2) is 11.5 Å². The molecule has 9 heteroatoms. The van der Waals surface area contributed by atoms with Crippen LogP contribution in [0.2, 0.25) is 0 Å². The lowest BCUT2D eigenvalue weighted by atomic mass is 9.87. The van der Waals surface area contributed by atoms with Gasteiger partial charge in [0.1, 0.15) is 11.9 Å². The van der Waals surface area contributed by atoms with Crippen LogP contribution in [-0.2, 0) is 17.8 Å². The molecule has 2 aliphatic rings. The fourth-order valence-electron chi connectivity index (χ4n) is 7.51. The molecular formula is C36H49FN4O4. The Hall–Kier alpha value is -3.43. The summed E-state index contributed by atoms with van der Waals surface area (Å²) in [5.74, 6) is 1.27. The van der Waals surface area contributed by atoms with Gasteiger partial charge in [-0.05, 0) is 86.1 Å². The minimum atomic E-state index is -0.762. The van der Waals surface area contributed by atoms with Gasteiger partial charge in [0.25, 0.3) is 0 Å². The van der Waals surface area contributed by atoms with Crippen LogP contribution in [-0.4, -0.2) is 83.6 Å². The summed E-state index contributed by atoms with van der Waals surface area (Å²) in [6.45, 7) is 11.2. The molecule has 2 saturated heterocycles. The van der Waals surface area contributed by atoms with Crippen molar-refractivity contribution in [3.8, 4) is 11.5 Å². The number of aryl methyl sites for hydroxylation is 1. The van der Waals surface area contributed by atoms with E-state index in [0.717, 1.165) is 80.2 Å². The van der Waals surface area contributed by atoms with Gasteiger partial charge < -0.3 is 19.5 Å². The van der Waals surface area contributed by atoms with Gasteiger partial charge in [0.2, 0.25) is 0 Å². The van der Waals surface area contributed by atoms with Gasteiger partial charge in [-0.1, -0.05) is 38.5 Å². The van der Waals surface area contributed by atoms with Gasteiger partial charge in [-0.25, -0.2) is 4.39 Å². The number of likely N-dealkylation sites (tertiary alicyclic amines) is 2. The lowest BCUT2D eigenvalue weighted by Crippen LogP contribution is -2.45. The molecule has 1 aromatic heterocycles. The number of benzene rings is 2. The van der Waals surface area contributed by atoms with Crippen LogP contribution < -0.4 is 9.47 Å². The Bertz CT molecular complexity index is 1440. The second kappa shape index (κ2) is 14.8. The van der Waals surface area contributed by atoms with E-state index in [1.165, 1.54) is 11.8 Å². The molecule has 2 aliphatic heterocycles. The Balaban J connectivity index is 1.26. The summed E-state index contributed by atoms with van der Waals surface area (Å²) in [4.78, 5) is 17.0. The maximum Gasteiger partial charge on any atom is 0.321 e. The number of aliphatic carboxylic acids is 1. The Labute approximate surface area is 267 Å². The molecule has 1 N–H and O–H groups in total. The van der Waals surface area contributed by atoms with Crippen LogP contribution in [0.5, 0.6) is 11.5 Å². The lowest BCUT2D eigenvalue weighted by molar-refractivity contribution is -0.145. The van der Waals surface area contributed by atoms with E-state index in [9.17, 15) is 14.3 Å². The number of carboxylic acids is 1. The first-order chi connectivity index (χ1) is 21.7. The van der Waals surface area contributed by atoms with Crippen LogP contribution in [0.4, 0.5) is 4.39 Å². The van der Waals surface area contributed by atoms with Crippen molar-refractivity contribution in [1.82, 2.24) is 19.6 Å². The van der Waals surface area contributed by atoms with Crippen LogP contribution in [0.3, 0.4) is 0 Å². The highest BCUT2D eigenvalue weighted by atomic mass is 19.1. The van der Waals surface area contributed by atoms with Crippen molar-refractivity contribution in [2.75, 3.05) is 46.9 Å². The highest BCUT2D eigenvalue weighted by Gasteiger charge is 2.42. The Morgan fingerprint density at radius 1 is 1.04 bits per heavy atom. The first-order valence-corrected chi connectivity index (χ1v) is 16.5. The molecule has 0 amide bonds. The Kier molecular flexibility index (Phi) is 10.8. The van der Waals surface area contributed by atoms with Crippen molar-refractivity contribution in [3.05, 3.63) is 76.9 Å². The number of carboxylic acid groups (broad SMARTS) is 1. The fraction of sp³-hybridized carbons (Fsp3) is 0.556. The fourth-order valence-corrected chi connectivity index (χ4v) is 7.51. The van der Waals surface area contributed by atoms with Crippen LogP contribution in [0.1, 0.15) is 74.4 Å². The van der Waals surface area contributed by atoms with E-state index in [1.807, 2.05) is 32.0 Å². The predicted molar refractivity (Wildman–Crippen MR) is 174 cm³/mol. The number of nitrogens with zero attached hydrogens (tertiary/aromatic N) is 4. The number of methoxy groups -OCH3 is 2. The van der Waals surface area contributed by atoms with E-state index in [1.54, 1.807) is 26.4 Å². The third-order valence-electron chi connectivity index (χ3n) is 10.1. The normalized spacial score (nSPS) is 21.1. The van der Waals surface area contributed by atoms with Crippen LogP contribution in [0, 0.1) is 17.7 Å². The molecule has 8 nitrogen and oxygen atoms in total. The molecule has 0 radical (unpaired) electrons. The predicted octanol–water partition coefficient (Wildman–Crippen LogP) is 6.04. The van der Waals surface area contributed by atoms with Crippen LogP contribution in [0.15, 0.2) is 48.5 Å². The van der Waals surface area contributed by atoms with Gasteiger partial charge in [0.05, 0.1) is 19.9 Å². The summed E-state index contributed by atoms with van der Waals surface area (Å²) in [5, 5.41) is 15.1. The topological polar surface area (TPSA) is 80.1 Å². The number of hydrogen-bond donors (Lipinski definition) is 1. The number of hydrogen-bond acceptors (Lipinski definition) is 6. The van der Waals surface area contributed by atoms with Crippen molar-refractivity contribution >= 4 is 5.97 Å². The summed E-state index contributed by atoms with van der Waals surface area (Å²) in [6.07, 6.45) is 3.63. The van der Waals surface area contributed by atoms with Crippen molar-refractivity contribution in [3.63, 3.8) is 0 Å². The monoisotopic (exact) mass is 620 g/mol. The minimum Gasteiger partial charge on any atom is -0.493 e. The maximum atomic E-state index is 14.3. The molecule has 2 aromatic carbocycles. The summed E-state index contributed by atoms with van der Waals surface area (Å²) in [7, 11) is 3.30. The van der Waals surface area contributed by atoms with Crippen molar-refractivity contribution in [2.45, 2.75) is 70.9 Å². The molecular weight excluding hydrogens is 571 g/mol. The largest absolute Gasteiger partial charge is 0.493 e. The number of ether oxygens (including phenoxy) is 2. The number of piperidine rings is 1. The van der Waals surface area contributed by atoms with Crippen molar-refractivity contribution in [1.29, 1.82) is 0 Å². The van der Waals surface area contributed by atoms with E-state index in [4.69, 9.17) is 14.6 Å². The molecule has 2 fully saturated rings.